The van der Waals surface area contributed by atoms with E-state index < -0.39 is 30.1 Å². The van der Waals surface area contributed by atoms with Gasteiger partial charge in [-0.3, -0.25) is 4.79 Å². The Balaban J connectivity index is 1.85. The normalized spacial score (nSPS) is 12.5. The Bertz CT molecular complexity index is 840. The number of ether oxygens (including phenoxy) is 2. The van der Waals surface area contributed by atoms with E-state index in [0.29, 0.717) is 6.42 Å². The highest BCUT2D eigenvalue weighted by Gasteiger charge is 2.26. The van der Waals surface area contributed by atoms with E-state index in [9.17, 15) is 14.4 Å². The van der Waals surface area contributed by atoms with Gasteiger partial charge in [-0.1, -0.05) is 74.5 Å². The van der Waals surface area contributed by atoms with Crippen molar-refractivity contribution in [2.45, 2.75) is 52.5 Å². The summed E-state index contributed by atoms with van der Waals surface area (Å²) in [6, 6.07) is 16.9. The Kier molecular flexibility index (Phi) is 9.55. The number of alkyl carbamates (subject to hydrolysis) is 1. The van der Waals surface area contributed by atoms with Crippen molar-refractivity contribution in [2.24, 2.45) is 5.92 Å². The van der Waals surface area contributed by atoms with Crippen molar-refractivity contribution in [3.05, 3.63) is 71.8 Å². The first-order valence-corrected chi connectivity index (χ1v) is 10.3. The molecule has 0 saturated heterocycles. The summed E-state index contributed by atoms with van der Waals surface area (Å²) in [5.41, 5.74) is 1.70. The Morgan fingerprint density at radius 1 is 0.774 bits per heavy atom. The molecule has 0 radical (unpaired) electrons. The molecule has 0 saturated carbocycles. The third-order valence-corrected chi connectivity index (χ3v) is 4.46. The van der Waals surface area contributed by atoms with Gasteiger partial charge in [0.15, 0.2) is 0 Å². The summed E-state index contributed by atoms with van der Waals surface area (Å²) in [4.78, 5) is 37.1. The maximum atomic E-state index is 12.7. The second-order valence-electron chi connectivity index (χ2n) is 7.71. The van der Waals surface area contributed by atoms with Crippen molar-refractivity contribution in [1.82, 2.24) is 10.6 Å². The number of hydrogen-bond donors (Lipinski definition) is 2. The molecule has 166 valence electrons. The molecule has 2 rings (SSSR count). The van der Waals surface area contributed by atoms with Gasteiger partial charge >= 0.3 is 12.1 Å². The molecule has 0 fully saturated rings. The maximum absolute atomic E-state index is 12.7. The molecular weight excluding hydrogens is 396 g/mol. The lowest BCUT2D eigenvalue weighted by atomic mass is 10.0. The third kappa shape index (κ3) is 8.90. The summed E-state index contributed by atoms with van der Waals surface area (Å²) in [6.45, 7) is 5.65. The first-order valence-electron chi connectivity index (χ1n) is 10.3. The van der Waals surface area contributed by atoms with E-state index in [-0.39, 0.29) is 19.1 Å². The molecule has 0 aromatic heterocycles. The van der Waals surface area contributed by atoms with Gasteiger partial charge in [-0.25, -0.2) is 9.59 Å². The van der Waals surface area contributed by atoms with Crippen LogP contribution in [0.3, 0.4) is 0 Å². The highest BCUT2D eigenvalue weighted by Crippen LogP contribution is 2.08. The minimum atomic E-state index is -0.854. The van der Waals surface area contributed by atoms with E-state index in [1.807, 2.05) is 74.5 Å². The van der Waals surface area contributed by atoms with Crippen LogP contribution in [-0.2, 0) is 32.3 Å². The second-order valence-corrected chi connectivity index (χ2v) is 7.71. The van der Waals surface area contributed by atoms with Gasteiger partial charge in [0, 0.05) is 0 Å². The van der Waals surface area contributed by atoms with E-state index in [2.05, 4.69) is 10.6 Å². The van der Waals surface area contributed by atoms with Crippen LogP contribution in [0.2, 0.25) is 0 Å². The summed E-state index contributed by atoms with van der Waals surface area (Å²) in [7, 11) is 0. The summed E-state index contributed by atoms with van der Waals surface area (Å²) >= 11 is 0. The molecule has 0 heterocycles. The smallest absolute Gasteiger partial charge is 0.408 e. The molecule has 0 unspecified atom stereocenters. The molecule has 2 atom stereocenters. The van der Waals surface area contributed by atoms with Crippen molar-refractivity contribution in [1.29, 1.82) is 0 Å². The van der Waals surface area contributed by atoms with Gasteiger partial charge in [0.2, 0.25) is 5.91 Å². The molecule has 7 nitrogen and oxygen atoms in total. The summed E-state index contributed by atoms with van der Waals surface area (Å²) in [5.74, 6) is -0.868. The first kappa shape index (κ1) is 23.9. The molecule has 0 spiro atoms. The van der Waals surface area contributed by atoms with Crippen LogP contribution >= 0.6 is 0 Å². The lowest BCUT2D eigenvalue weighted by Crippen LogP contribution is -2.51. The Labute approximate surface area is 183 Å². The maximum Gasteiger partial charge on any atom is 0.408 e. The van der Waals surface area contributed by atoms with Gasteiger partial charge in [0.25, 0.3) is 0 Å². The zero-order valence-corrected chi connectivity index (χ0v) is 18.2. The number of nitrogens with one attached hydrogen (secondary N) is 2. The molecule has 0 bridgehead atoms. The number of carbonyl (C=O) groups is 3. The number of amides is 2. The van der Waals surface area contributed by atoms with Gasteiger partial charge in [-0.15, -0.1) is 0 Å². The van der Waals surface area contributed by atoms with Gasteiger partial charge in [0.1, 0.15) is 25.3 Å². The summed E-state index contributed by atoms with van der Waals surface area (Å²) < 4.78 is 10.5. The molecule has 0 aliphatic carbocycles. The fraction of sp³-hybridized carbons (Fsp3) is 0.375. The molecule has 0 aliphatic rings. The lowest BCUT2D eigenvalue weighted by molar-refractivity contribution is -0.148. The number of esters is 1. The number of carbonyl (C=O) groups excluding carboxylic acids is 3. The van der Waals surface area contributed by atoms with Crippen LogP contribution in [0.25, 0.3) is 0 Å². The van der Waals surface area contributed by atoms with Gasteiger partial charge in [-0.05, 0) is 30.4 Å². The fourth-order valence-electron chi connectivity index (χ4n) is 2.84. The molecule has 2 aromatic rings. The van der Waals surface area contributed by atoms with E-state index in [4.69, 9.17) is 9.47 Å². The van der Waals surface area contributed by atoms with Crippen LogP contribution < -0.4 is 10.6 Å². The average Bonchev–Trinajstić information content (AvgIpc) is 2.76. The molecule has 31 heavy (non-hydrogen) atoms. The monoisotopic (exact) mass is 426 g/mol. The van der Waals surface area contributed by atoms with Crippen LogP contribution in [0, 0.1) is 5.92 Å². The standard InChI is InChI=1S/C24H30N2O5/c1-17(2)14-21(26-24(29)31-16-20-12-8-5-9-13-20)22(27)25-18(3)23(28)30-15-19-10-6-4-7-11-19/h4-13,17-18,21H,14-16H2,1-3H3,(H,25,27)(H,26,29)/t18-,21-/m0/s1. The van der Waals surface area contributed by atoms with Crippen molar-refractivity contribution in [2.75, 3.05) is 0 Å². The van der Waals surface area contributed by atoms with Crippen LogP contribution in [0.1, 0.15) is 38.3 Å². The van der Waals surface area contributed by atoms with Crippen LogP contribution in [0.5, 0.6) is 0 Å². The molecule has 0 aliphatic heterocycles. The first-order chi connectivity index (χ1) is 14.8. The van der Waals surface area contributed by atoms with Gasteiger partial charge in [0.05, 0.1) is 0 Å². The van der Waals surface area contributed by atoms with Crippen molar-refractivity contribution in [3.8, 4) is 0 Å². The Morgan fingerprint density at radius 3 is 1.81 bits per heavy atom. The Morgan fingerprint density at radius 2 is 1.29 bits per heavy atom. The molecular formula is C24H30N2O5. The quantitative estimate of drug-likeness (QED) is 0.567. The minimum absolute atomic E-state index is 0.102. The zero-order valence-electron chi connectivity index (χ0n) is 18.2. The predicted molar refractivity (Wildman–Crippen MR) is 117 cm³/mol. The van der Waals surface area contributed by atoms with E-state index in [1.54, 1.807) is 6.92 Å². The van der Waals surface area contributed by atoms with Crippen molar-refractivity contribution in [3.63, 3.8) is 0 Å². The fourth-order valence-corrected chi connectivity index (χ4v) is 2.84. The minimum Gasteiger partial charge on any atom is -0.459 e. The van der Waals surface area contributed by atoms with Crippen molar-refractivity contribution < 1.29 is 23.9 Å². The third-order valence-electron chi connectivity index (χ3n) is 4.46. The van der Waals surface area contributed by atoms with E-state index in [0.717, 1.165) is 11.1 Å². The van der Waals surface area contributed by atoms with Crippen molar-refractivity contribution >= 4 is 18.0 Å². The van der Waals surface area contributed by atoms with Crippen LogP contribution in [-0.4, -0.2) is 30.1 Å². The zero-order chi connectivity index (χ0) is 22.6. The highest BCUT2D eigenvalue weighted by molar-refractivity contribution is 5.89. The summed E-state index contributed by atoms with van der Waals surface area (Å²) in [5, 5.41) is 5.21. The second kappa shape index (κ2) is 12.4. The predicted octanol–water partition coefficient (Wildman–Crippen LogP) is 3.58. The SMILES string of the molecule is CC(C)C[C@H](NC(=O)OCc1ccccc1)C(=O)N[C@@H](C)C(=O)OCc1ccccc1. The largest absolute Gasteiger partial charge is 0.459 e. The lowest BCUT2D eigenvalue weighted by Gasteiger charge is -2.22. The molecule has 2 amide bonds. The van der Waals surface area contributed by atoms with Crippen LogP contribution in [0.15, 0.2) is 60.7 Å². The van der Waals surface area contributed by atoms with E-state index >= 15 is 0 Å². The van der Waals surface area contributed by atoms with Gasteiger partial charge < -0.3 is 20.1 Å². The van der Waals surface area contributed by atoms with Crippen LogP contribution in [0.4, 0.5) is 4.79 Å². The number of rotatable bonds is 10. The number of hydrogen-bond acceptors (Lipinski definition) is 5. The topological polar surface area (TPSA) is 93.7 Å². The average molecular weight is 427 g/mol. The summed E-state index contributed by atoms with van der Waals surface area (Å²) in [6.07, 6.45) is -0.290. The molecule has 2 N–H and O–H groups in total. The van der Waals surface area contributed by atoms with Gasteiger partial charge in [-0.2, -0.15) is 0 Å². The highest BCUT2D eigenvalue weighted by atomic mass is 16.5. The molecule has 2 aromatic carbocycles. The number of benzene rings is 2. The van der Waals surface area contributed by atoms with E-state index in [1.165, 1.54) is 0 Å². The molecule has 7 heteroatoms. The Hall–Kier alpha value is -3.35.